The van der Waals surface area contributed by atoms with Crippen LogP contribution in [0, 0.1) is 11.3 Å². The van der Waals surface area contributed by atoms with Crippen LogP contribution in [0.15, 0.2) is 24.5 Å². The first-order chi connectivity index (χ1) is 8.63. The number of hydrogen-bond donors (Lipinski definition) is 0. The molecule has 2 atom stereocenters. The van der Waals surface area contributed by atoms with Crippen LogP contribution < -0.4 is 0 Å². The molecular formula is C14H19NO3. The van der Waals surface area contributed by atoms with E-state index in [1.807, 2.05) is 19.1 Å². The van der Waals surface area contributed by atoms with Crippen LogP contribution in [0.3, 0.4) is 0 Å². The minimum Gasteiger partial charge on any atom is -0.501 e. The summed E-state index contributed by atoms with van der Waals surface area (Å²) in [5.41, 5.74) is -0.661. The second-order valence-electron chi connectivity index (χ2n) is 4.87. The Labute approximate surface area is 107 Å². The Morgan fingerprint density at radius 1 is 1.56 bits per heavy atom. The Morgan fingerprint density at radius 2 is 2.33 bits per heavy atom. The normalized spacial score (nSPS) is 31.2. The molecule has 0 N–H and O–H groups in total. The zero-order chi connectivity index (χ0) is 13.2. The predicted octanol–water partition coefficient (Wildman–Crippen LogP) is 1.88. The van der Waals surface area contributed by atoms with Gasteiger partial charge in [-0.2, -0.15) is 0 Å². The molecule has 0 aromatic rings. The molecule has 0 spiro atoms. The first-order valence-corrected chi connectivity index (χ1v) is 6.36. The molecule has 4 nitrogen and oxygen atoms in total. The fourth-order valence-corrected chi connectivity index (χ4v) is 2.90. The number of likely N-dealkylation sites (tertiary alicyclic amines) is 1. The Kier molecular flexibility index (Phi) is 3.55. The third-order valence-electron chi connectivity index (χ3n) is 3.86. The van der Waals surface area contributed by atoms with Crippen molar-refractivity contribution in [3.63, 3.8) is 0 Å². The van der Waals surface area contributed by atoms with E-state index in [1.54, 1.807) is 19.4 Å². The highest BCUT2D eigenvalue weighted by molar-refractivity contribution is 6.08. The molecule has 18 heavy (non-hydrogen) atoms. The number of fused-ring (bicyclic) bond motifs is 1. The van der Waals surface area contributed by atoms with Crippen LogP contribution in [0.2, 0.25) is 0 Å². The van der Waals surface area contributed by atoms with E-state index in [9.17, 15) is 9.59 Å². The van der Waals surface area contributed by atoms with Crippen LogP contribution in [0.5, 0.6) is 0 Å². The molecule has 0 saturated carbocycles. The Hall–Kier alpha value is -1.58. The molecule has 1 aliphatic carbocycles. The molecule has 0 aromatic heterocycles. The topological polar surface area (TPSA) is 46.6 Å². The number of carbonyl (C=O) groups is 2. The number of nitrogens with zero attached hydrogens (tertiary/aromatic N) is 1. The van der Waals surface area contributed by atoms with E-state index >= 15 is 0 Å². The maximum atomic E-state index is 12.3. The van der Waals surface area contributed by atoms with Crippen molar-refractivity contribution in [2.24, 2.45) is 11.3 Å². The summed E-state index contributed by atoms with van der Waals surface area (Å²) in [5, 5.41) is 0. The van der Waals surface area contributed by atoms with Gasteiger partial charge in [-0.3, -0.25) is 14.5 Å². The number of ether oxygens (including phenoxy) is 1. The van der Waals surface area contributed by atoms with Gasteiger partial charge in [0, 0.05) is 13.5 Å². The second-order valence-corrected chi connectivity index (χ2v) is 4.87. The van der Waals surface area contributed by atoms with Gasteiger partial charge in [0.25, 0.3) is 0 Å². The lowest BCUT2D eigenvalue weighted by atomic mass is 9.70. The fourth-order valence-electron chi connectivity index (χ4n) is 2.90. The summed E-state index contributed by atoms with van der Waals surface area (Å²) in [6.45, 7) is 2.33. The van der Waals surface area contributed by atoms with Gasteiger partial charge in [-0.05, 0) is 19.8 Å². The van der Waals surface area contributed by atoms with Gasteiger partial charge in [0.1, 0.15) is 0 Å². The Balaban J connectivity index is 2.19. The van der Waals surface area contributed by atoms with Crippen molar-refractivity contribution in [3.05, 3.63) is 24.5 Å². The third kappa shape index (κ3) is 1.85. The van der Waals surface area contributed by atoms with Gasteiger partial charge in [-0.1, -0.05) is 18.2 Å². The Morgan fingerprint density at radius 3 is 3.06 bits per heavy atom. The summed E-state index contributed by atoms with van der Waals surface area (Å²) >= 11 is 0. The molecular weight excluding hydrogens is 230 g/mol. The molecule has 0 bridgehead atoms. The molecule has 0 aromatic carbocycles. The van der Waals surface area contributed by atoms with Crippen LogP contribution in [-0.2, 0) is 14.3 Å². The van der Waals surface area contributed by atoms with E-state index in [4.69, 9.17) is 4.74 Å². The molecule has 1 saturated heterocycles. The lowest BCUT2D eigenvalue weighted by molar-refractivity contribution is -0.139. The van der Waals surface area contributed by atoms with Crippen molar-refractivity contribution >= 4 is 11.8 Å². The van der Waals surface area contributed by atoms with Crippen molar-refractivity contribution in [3.8, 4) is 0 Å². The average molecular weight is 249 g/mol. The van der Waals surface area contributed by atoms with Crippen molar-refractivity contribution < 1.29 is 14.3 Å². The number of imide groups is 1. The summed E-state index contributed by atoms with van der Waals surface area (Å²) in [4.78, 5) is 25.7. The van der Waals surface area contributed by atoms with E-state index in [1.165, 1.54) is 4.90 Å². The summed E-state index contributed by atoms with van der Waals surface area (Å²) in [7, 11) is 1.57. The van der Waals surface area contributed by atoms with Crippen LogP contribution in [-0.4, -0.2) is 30.4 Å². The lowest BCUT2D eigenvalue weighted by Crippen LogP contribution is -2.36. The third-order valence-corrected chi connectivity index (χ3v) is 3.86. The van der Waals surface area contributed by atoms with E-state index < -0.39 is 5.41 Å². The van der Waals surface area contributed by atoms with Crippen LogP contribution in [0.4, 0.5) is 0 Å². The van der Waals surface area contributed by atoms with Crippen molar-refractivity contribution in [1.29, 1.82) is 0 Å². The van der Waals surface area contributed by atoms with E-state index in [0.29, 0.717) is 13.0 Å². The molecule has 0 radical (unpaired) electrons. The summed E-state index contributed by atoms with van der Waals surface area (Å²) in [6.07, 6.45) is 9.54. The van der Waals surface area contributed by atoms with Gasteiger partial charge in [-0.25, -0.2) is 0 Å². The van der Waals surface area contributed by atoms with Gasteiger partial charge >= 0.3 is 0 Å². The standard InChI is InChI=1S/C14H19NO3/c1-3-9-18-10-8-14-7-5-4-6-11(14)12(16)15(2)13(14)17/h3,5,7,9,11H,4,6,8,10H2,1-2H3. The largest absolute Gasteiger partial charge is 0.501 e. The highest BCUT2D eigenvalue weighted by Gasteiger charge is 2.56. The zero-order valence-electron chi connectivity index (χ0n) is 10.9. The number of allylic oxidation sites excluding steroid dienone is 2. The van der Waals surface area contributed by atoms with Gasteiger partial charge in [0.2, 0.25) is 11.8 Å². The van der Waals surface area contributed by atoms with Crippen molar-refractivity contribution in [2.75, 3.05) is 13.7 Å². The minimum absolute atomic E-state index is 0.0459. The number of hydrogen-bond acceptors (Lipinski definition) is 3. The van der Waals surface area contributed by atoms with Gasteiger partial charge in [-0.15, -0.1) is 0 Å². The van der Waals surface area contributed by atoms with Gasteiger partial charge in [0.05, 0.1) is 24.2 Å². The first kappa shape index (κ1) is 12.9. The van der Waals surface area contributed by atoms with Gasteiger partial charge < -0.3 is 4.74 Å². The van der Waals surface area contributed by atoms with Crippen LogP contribution in [0.1, 0.15) is 26.2 Å². The van der Waals surface area contributed by atoms with Crippen molar-refractivity contribution in [2.45, 2.75) is 26.2 Å². The first-order valence-electron chi connectivity index (χ1n) is 6.36. The number of rotatable bonds is 4. The maximum absolute atomic E-state index is 12.3. The molecule has 2 aliphatic rings. The SMILES string of the molecule is CC=COCCC12C=CCCC1C(=O)N(C)C2=O. The van der Waals surface area contributed by atoms with E-state index in [2.05, 4.69) is 0 Å². The molecule has 4 heteroatoms. The quantitative estimate of drug-likeness (QED) is 0.331. The van der Waals surface area contributed by atoms with Crippen LogP contribution >= 0.6 is 0 Å². The molecule has 2 amide bonds. The molecule has 1 fully saturated rings. The van der Waals surface area contributed by atoms with Crippen molar-refractivity contribution in [1.82, 2.24) is 4.90 Å². The maximum Gasteiger partial charge on any atom is 0.239 e. The van der Waals surface area contributed by atoms with E-state index in [0.717, 1.165) is 12.8 Å². The molecule has 2 unspecified atom stereocenters. The van der Waals surface area contributed by atoms with Gasteiger partial charge in [0.15, 0.2) is 0 Å². The Bertz CT molecular complexity index is 413. The summed E-state index contributed by atoms with van der Waals surface area (Å²) < 4.78 is 5.31. The smallest absolute Gasteiger partial charge is 0.239 e. The monoisotopic (exact) mass is 249 g/mol. The fraction of sp³-hybridized carbons (Fsp3) is 0.571. The zero-order valence-corrected chi connectivity index (χ0v) is 10.9. The minimum atomic E-state index is -0.661. The highest BCUT2D eigenvalue weighted by atomic mass is 16.5. The molecule has 98 valence electrons. The predicted molar refractivity (Wildman–Crippen MR) is 67.5 cm³/mol. The molecule has 2 rings (SSSR count). The van der Waals surface area contributed by atoms with E-state index in [-0.39, 0.29) is 17.7 Å². The number of amides is 2. The molecule has 1 heterocycles. The highest BCUT2D eigenvalue weighted by Crippen LogP contribution is 2.46. The average Bonchev–Trinajstić information content (AvgIpc) is 2.58. The van der Waals surface area contributed by atoms with Crippen LogP contribution in [0.25, 0.3) is 0 Å². The lowest BCUT2D eigenvalue weighted by Gasteiger charge is -2.30. The second kappa shape index (κ2) is 4.96. The summed E-state index contributed by atoms with van der Waals surface area (Å²) in [6, 6.07) is 0. The summed E-state index contributed by atoms with van der Waals surface area (Å²) in [5.74, 6) is -0.331. The molecule has 1 aliphatic heterocycles. The number of carbonyl (C=O) groups excluding carboxylic acids is 2.